The van der Waals surface area contributed by atoms with E-state index in [4.69, 9.17) is 15.0 Å². The second-order valence-corrected chi connectivity index (χ2v) is 13.8. The molecule has 2 unspecified atom stereocenters. The molecule has 214 valence electrons. The second kappa shape index (κ2) is 12.6. The summed E-state index contributed by atoms with van der Waals surface area (Å²) in [6.45, 7) is 4.87. The number of unbranched alkanes of at least 4 members (excludes halogenated alkanes) is 1. The number of primary amides is 1. The summed E-state index contributed by atoms with van der Waals surface area (Å²) in [4.78, 5) is 21.8. The molecule has 3 saturated carbocycles. The minimum absolute atomic E-state index is 0.0653. The average molecular weight is 584 g/mol. The van der Waals surface area contributed by atoms with E-state index in [1.54, 1.807) is 35.7 Å². The van der Waals surface area contributed by atoms with Gasteiger partial charge in [0.25, 0.3) is 0 Å². The summed E-state index contributed by atoms with van der Waals surface area (Å²) in [5.41, 5.74) is 6.26. The predicted octanol–water partition coefficient (Wildman–Crippen LogP) is 7.03. The highest BCUT2D eigenvalue weighted by atomic mass is 32.2. The molecule has 40 heavy (non-hydrogen) atoms. The number of nitrogens with two attached hydrogens (primary N) is 1. The molecule has 1 amide bonds. The Bertz CT molecular complexity index is 1460. The highest BCUT2D eigenvalue weighted by Crippen LogP contribution is 2.61. The van der Waals surface area contributed by atoms with Crippen LogP contribution >= 0.6 is 11.3 Å². The van der Waals surface area contributed by atoms with Crippen LogP contribution in [0.1, 0.15) is 69.2 Å². The smallest absolute Gasteiger partial charge is 0.339 e. The lowest BCUT2D eigenvalue weighted by Gasteiger charge is -2.59. The highest BCUT2D eigenvalue weighted by Gasteiger charge is 2.52. The fourth-order valence-corrected chi connectivity index (χ4v) is 7.68. The third-order valence-electron chi connectivity index (χ3n) is 8.35. The summed E-state index contributed by atoms with van der Waals surface area (Å²) in [5, 5.41) is 10.8. The summed E-state index contributed by atoms with van der Waals surface area (Å²) in [5.74, 6) is 1.70. The molecule has 3 aromatic rings. The van der Waals surface area contributed by atoms with E-state index in [2.05, 4.69) is 26.0 Å². The molecule has 7 nitrogen and oxygen atoms in total. The number of carboxylic acid groups (broad SMARTS) is 1. The van der Waals surface area contributed by atoms with Crippen molar-refractivity contribution in [2.24, 2.45) is 28.9 Å². The van der Waals surface area contributed by atoms with Crippen LogP contribution < -0.4 is 9.92 Å². The Balaban J connectivity index is 0.000000189. The van der Waals surface area contributed by atoms with Crippen molar-refractivity contribution in [1.29, 1.82) is 0 Å². The zero-order valence-electron chi connectivity index (χ0n) is 22.9. The third-order valence-corrected chi connectivity index (χ3v) is 10.6. The molecule has 0 spiro atoms. The van der Waals surface area contributed by atoms with Crippen molar-refractivity contribution in [3.63, 3.8) is 0 Å². The number of carbonyl (C=O) groups excluding carboxylic acids is 1. The maximum Gasteiger partial charge on any atom is 0.339 e. The molecule has 3 N–H and O–H groups in total. The SMILES string of the molecule is CC1(C)C2CC(C/C=C\CCCC(=O)O)C[C@H]1C2.NC(=O)c1csc2ccc(OS(=O)(=O)c3ccccc3)cc12. The van der Waals surface area contributed by atoms with Crippen LogP contribution in [-0.4, -0.2) is 25.4 Å². The van der Waals surface area contributed by atoms with Crippen molar-refractivity contribution in [3.05, 3.63) is 71.6 Å². The minimum atomic E-state index is -3.91. The van der Waals surface area contributed by atoms with Crippen molar-refractivity contribution in [3.8, 4) is 5.75 Å². The highest BCUT2D eigenvalue weighted by molar-refractivity contribution is 7.87. The number of hydrogen-bond acceptors (Lipinski definition) is 6. The standard InChI is InChI=1S/C16H26O2.C15H11NO4S2/c1-16(2)13-9-12(10-14(16)11-13)7-5-3-4-6-8-15(17)18;16-15(17)13-9-21-14-7-6-10(8-12(13)14)20-22(18,19)11-4-2-1-3-5-11/h3,5,12-14H,4,6-11H2,1-2H3,(H,17,18);1-9H,(H2,16,17)/b5-3-;/t12?,13-,14?;/m0./s1. The Hall–Kier alpha value is -3.17. The third kappa shape index (κ3) is 7.12. The van der Waals surface area contributed by atoms with E-state index in [-0.39, 0.29) is 10.6 Å². The Morgan fingerprint density at radius 2 is 1.77 bits per heavy atom. The van der Waals surface area contributed by atoms with Gasteiger partial charge in [-0.05, 0) is 92.0 Å². The van der Waals surface area contributed by atoms with Gasteiger partial charge in [-0.15, -0.1) is 11.3 Å². The first-order chi connectivity index (χ1) is 19.0. The molecular weight excluding hydrogens is 546 g/mol. The fourth-order valence-electron chi connectivity index (χ4n) is 5.81. The molecule has 1 aromatic heterocycles. The van der Waals surface area contributed by atoms with Crippen molar-refractivity contribution in [2.75, 3.05) is 0 Å². The van der Waals surface area contributed by atoms with Gasteiger partial charge in [-0.1, -0.05) is 44.2 Å². The predicted molar refractivity (Wildman–Crippen MR) is 158 cm³/mol. The Morgan fingerprint density at radius 1 is 1.07 bits per heavy atom. The lowest BCUT2D eigenvalue weighted by atomic mass is 9.46. The molecule has 9 heteroatoms. The maximum absolute atomic E-state index is 12.2. The zero-order chi connectivity index (χ0) is 28.9. The molecule has 0 radical (unpaired) electrons. The zero-order valence-corrected chi connectivity index (χ0v) is 24.5. The van der Waals surface area contributed by atoms with Crippen molar-refractivity contribution in [1.82, 2.24) is 0 Å². The molecular formula is C31H37NO6S2. The van der Waals surface area contributed by atoms with Crippen LogP contribution in [0.2, 0.25) is 0 Å². The number of amides is 1. The molecule has 6 rings (SSSR count). The lowest BCUT2D eigenvalue weighted by molar-refractivity contribution is -0.137. The molecule has 2 aromatic carbocycles. The number of allylic oxidation sites excluding steroid dienone is 2. The van der Waals surface area contributed by atoms with Gasteiger partial charge in [0.05, 0.1) is 5.56 Å². The number of fused-ring (bicyclic) bond motifs is 3. The van der Waals surface area contributed by atoms with Crippen molar-refractivity contribution in [2.45, 2.75) is 63.7 Å². The van der Waals surface area contributed by atoms with Crippen molar-refractivity contribution < 1.29 is 27.3 Å². The quantitative estimate of drug-likeness (QED) is 0.150. The normalized spacial score (nSPS) is 21.3. The molecule has 0 saturated heterocycles. The van der Waals surface area contributed by atoms with Gasteiger partial charge < -0.3 is 15.0 Å². The van der Waals surface area contributed by atoms with E-state index >= 15 is 0 Å². The number of rotatable bonds is 10. The first kappa shape index (κ1) is 29.8. The maximum atomic E-state index is 12.2. The Kier molecular flexibility index (Phi) is 9.36. The van der Waals surface area contributed by atoms with Gasteiger partial charge in [0.15, 0.2) is 0 Å². The molecule has 3 fully saturated rings. The lowest BCUT2D eigenvalue weighted by Crippen LogP contribution is -2.50. The first-order valence-corrected chi connectivity index (χ1v) is 15.9. The van der Waals surface area contributed by atoms with E-state index in [0.717, 1.165) is 35.3 Å². The van der Waals surface area contributed by atoms with Crippen LogP contribution in [-0.2, 0) is 14.9 Å². The minimum Gasteiger partial charge on any atom is -0.481 e. The topological polar surface area (TPSA) is 124 Å². The van der Waals surface area contributed by atoms with Gasteiger partial charge in [0, 0.05) is 21.9 Å². The van der Waals surface area contributed by atoms with Crippen LogP contribution in [0.15, 0.2) is 71.0 Å². The molecule has 1 heterocycles. The van der Waals surface area contributed by atoms with Gasteiger partial charge in [-0.2, -0.15) is 8.42 Å². The average Bonchev–Trinajstić information content (AvgIpc) is 3.35. The van der Waals surface area contributed by atoms with Gasteiger partial charge in [0.2, 0.25) is 5.91 Å². The van der Waals surface area contributed by atoms with Gasteiger partial charge in [-0.3, -0.25) is 9.59 Å². The van der Waals surface area contributed by atoms with E-state index < -0.39 is 22.0 Å². The Labute approximate surface area is 240 Å². The molecule has 3 atom stereocenters. The van der Waals surface area contributed by atoms with Crippen molar-refractivity contribution >= 4 is 43.4 Å². The van der Waals surface area contributed by atoms with Crippen LogP contribution in [0, 0.1) is 23.2 Å². The van der Waals surface area contributed by atoms with Crippen LogP contribution in [0.4, 0.5) is 0 Å². The number of carboxylic acids is 1. The largest absolute Gasteiger partial charge is 0.481 e. The summed E-state index contributed by atoms with van der Waals surface area (Å²) in [6, 6.07) is 12.6. The summed E-state index contributed by atoms with van der Waals surface area (Å²) in [7, 11) is -3.91. The van der Waals surface area contributed by atoms with E-state index in [0.29, 0.717) is 22.8 Å². The fraction of sp³-hybridized carbons (Fsp3) is 0.419. The number of carbonyl (C=O) groups is 2. The van der Waals surface area contributed by atoms with Crippen LogP contribution in [0.25, 0.3) is 10.1 Å². The molecule has 3 aliphatic carbocycles. The van der Waals surface area contributed by atoms with Crippen LogP contribution in [0.5, 0.6) is 5.75 Å². The van der Waals surface area contributed by atoms with E-state index in [1.807, 2.05) is 0 Å². The molecule has 3 aliphatic rings. The second-order valence-electron chi connectivity index (χ2n) is 11.3. The summed E-state index contributed by atoms with van der Waals surface area (Å²) in [6.07, 6.45) is 11.9. The number of hydrogen-bond donors (Lipinski definition) is 2. The molecule has 0 aliphatic heterocycles. The van der Waals surface area contributed by atoms with E-state index in [1.165, 1.54) is 55.2 Å². The first-order valence-electron chi connectivity index (χ1n) is 13.6. The Morgan fingerprint density at radius 3 is 2.40 bits per heavy atom. The van der Waals surface area contributed by atoms with Gasteiger partial charge in [-0.25, -0.2) is 0 Å². The van der Waals surface area contributed by atoms with Gasteiger partial charge >= 0.3 is 16.1 Å². The molecule has 2 bridgehead atoms. The van der Waals surface area contributed by atoms with E-state index in [9.17, 15) is 18.0 Å². The number of thiophene rings is 1. The number of aliphatic carboxylic acids is 1. The summed E-state index contributed by atoms with van der Waals surface area (Å²) < 4.78 is 30.3. The van der Waals surface area contributed by atoms with Gasteiger partial charge in [0.1, 0.15) is 10.6 Å². The van der Waals surface area contributed by atoms with Crippen LogP contribution in [0.3, 0.4) is 0 Å². The monoisotopic (exact) mass is 583 g/mol. The summed E-state index contributed by atoms with van der Waals surface area (Å²) >= 11 is 1.36. The number of benzene rings is 2.